The van der Waals surface area contributed by atoms with Gasteiger partial charge in [0.15, 0.2) is 0 Å². The van der Waals surface area contributed by atoms with Crippen LogP contribution in [0, 0.1) is 12.3 Å². The summed E-state index contributed by atoms with van der Waals surface area (Å²) in [5.74, 6) is 2.51. The number of aromatic nitrogens is 1. The van der Waals surface area contributed by atoms with Gasteiger partial charge in [0.1, 0.15) is 5.69 Å². The Balaban J connectivity index is 2.81. The number of aryl methyl sites for hydroxylation is 1. The van der Waals surface area contributed by atoms with Crippen LogP contribution in [-0.2, 0) is 7.05 Å². The largest absolute Gasteiger partial charge is 0.347 e. The highest BCUT2D eigenvalue weighted by Gasteiger charge is 2.15. The van der Waals surface area contributed by atoms with Crippen molar-refractivity contribution in [1.82, 2.24) is 9.47 Å². The zero-order valence-electron chi connectivity index (χ0n) is 9.23. The fraction of sp³-hybridized carbons (Fsp3) is 0.417. The van der Waals surface area contributed by atoms with E-state index in [9.17, 15) is 4.79 Å². The Morgan fingerprint density at radius 2 is 2.40 bits per heavy atom. The van der Waals surface area contributed by atoms with E-state index >= 15 is 0 Å². The zero-order valence-corrected chi connectivity index (χ0v) is 9.23. The van der Waals surface area contributed by atoms with Crippen LogP contribution in [0.2, 0.25) is 0 Å². The van der Waals surface area contributed by atoms with Crippen LogP contribution in [0.15, 0.2) is 18.3 Å². The molecule has 15 heavy (non-hydrogen) atoms. The second kappa shape index (κ2) is 5.26. The maximum absolute atomic E-state index is 12.0. The van der Waals surface area contributed by atoms with Crippen LogP contribution in [0.5, 0.6) is 0 Å². The van der Waals surface area contributed by atoms with Gasteiger partial charge in [0.2, 0.25) is 0 Å². The van der Waals surface area contributed by atoms with Crippen LogP contribution in [0.4, 0.5) is 0 Å². The molecule has 1 heterocycles. The summed E-state index contributed by atoms with van der Waals surface area (Å²) in [7, 11) is 1.85. The van der Waals surface area contributed by atoms with Crippen LogP contribution in [0.1, 0.15) is 23.8 Å². The maximum Gasteiger partial charge on any atom is 0.271 e. The Kier molecular flexibility index (Phi) is 3.99. The third-order valence-electron chi connectivity index (χ3n) is 2.23. The number of carbonyl (C=O) groups is 1. The fourth-order valence-electron chi connectivity index (χ4n) is 1.48. The van der Waals surface area contributed by atoms with Gasteiger partial charge in [0.25, 0.3) is 5.91 Å². The van der Waals surface area contributed by atoms with Gasteiger partial charge < -0.3 is 9.47 Å². The highest BCUT2D eigenvalue weighted by Crippen LogP contribution is 2.05. The quantitative estimate of drug-likeness (QED) is 0.682. The molecule has 1 aromatic rings. The molecule has 0 saturated heterocycles. The van der Waals surface area contributed by atoms with E-state index in [0.29, 0.717) is 18.8 Å². The number of hydrogen-bond acceptors (Lipinski definition) is 1. The van der Waals surface area contributed by atoms with Gasteiger partial charge in [-0.1, -0.05) is 12.8 Å². The molecule has 0 N–H and O–H groups in total. The van der Waals surface area contributed by atoms with Crippen molar-refractivity contribution in [1.29, 1.82) is 0 Å². The Morgan fingerprint density at radius 1 is 1.67 bits per heavy atom. The van der Waals surface area contributed by atoms with Crippen molar-refractivity contribution in [3.05, 3.63) is 24.0 Å². The summed E-state index contributed by atoms with van der Waals surface area (Å²) in [6.07, 6.45) is 8.01. The van der Waals surface area contributed by atoms with Crippen molar-refractivity contribution in [3.63, 3.8) is 0 Å². The summed E-state index contributed by atoms with van der Waals surface area (Å²) in [6, 6.07) is 3.66. The molecule has 80 valence electrons. The minimum atomic E-state index is 0.00213. The lowest BCUT2D eigenvalue weighted by Gasteiger charge is -2.19. The Labute approximate surface area is 90.7 Å². The van der Waals surface area contributed by atoms with Crippen LogP contribution in [0.25, 0.3) is 0 Å². The average molecular weight is 204 g/mol. The van der Waals surface area contributed by atoms with Gasteiger partial charge in [0.05, 0.1) is 6.54 Å². The van der Waals surface area contributed by atoms with E-state index in [2.05, 4.69) is 5.92 Å². The van der Waals surface area contributed by atoms with Gasteiger partial charge in [-0.25, -0.2) is 0 Å². The first kappa shape index (κ1) is 11.4. The number of terminal acetylenes is 1. The molecule has 0 aromatic carbocycles. The van der Waals surface area contributed by atoms with E-state index < -0.39 is 0 Å². The Bertz CT molecular complexity index is 373. The monoisotopic (exact) mass is 204 g/mol. The van der Waals surface area contributed by atoms with E-state index in [1.165, 1.54) is 0 Å². The summed E-state index contributed by atoms with van der Waals surface area (Å²) < 4.78 is 1.81. The van der Waals surface area contributed by atoms with Crippen LogP contribution >= 0.6 is 0 Å². The SMILES string of the molecule is C#CCN(CCC)C(=O)c1cccn1C. The molecule has 3 nitrogen and oxygen atoms in total. The molecule has 0 atom stereocenters. The smallest absolute Gasteiger partial charge is 0.271 e. The van der Waals surface area contributed by atoms with Crippen LogP contribution in [-0.4, -0.2) is 28.5 Å². The zero-order chi connectivity index (χ0) is 11.3. The van der Waals surface area contributed by atoms with Gasteiger partial charge in [-0.3, -0.25) is 4.79 Å². The van der Waals surface area contributed by atoms with E-state index in [4.69, 9.17) is 6.42 Å². The molecule has 0 aliphatic heterocycles. The molecule has 3 heteroatoms. The Hall–Kier alpha value is -1.69. The summed E-state index contributed by atoms with van der Waals surface area (Å²) in [4.78, 5) is 13.7. The number of carbonyl (C=O) groups excluding carboxylic acids is 1. The average Bonchev–Trinajstić information content (AvgIpc) is 2.63. The molecule has 0 fully saturated rings. The lowest BCUT2D eigenvalue weighted by Crippen LogP contribution is -2.33. The number of rotatable bonds is 4. The topological polar surface area (TPSA) is 25.2 Å². The fourth-order valence-corrected chi connectivity index (χ4v) is 1.48. The molecule has 0 spiro atoms. The number of amides is 1. The third-order valence-corrected chi connectivity index (χ3v) is 2.23. The molecular formula is C12H16N2O. The molecule has 0 bridgehead atoms. The first-order chi connectivity index (χ1) is 7.20. The van der Waals surface area contributed by atoms with Gasteiger partial charge in [-0.15, -0.1) is 6.42 Å². The summed E-state index contributed by atoms with van der Waals surface area (Å²) in [6.45, 7) is 3.11. The lowest BCUT2D eigenvalue weighted by atomic mass is 10.3. The molecule has 1 aromatic heterocycles. The van der Waals surface area contributed by atoms with E-state index in [1.54, 1.807) is 4.90 Å². The highest BCUT2D eigenvalue weighted by molar-refractivity contribution is 5.92. The van der Waals surface area contributed by atoms with Crippen molar-refractivity contribution >= 4 is 5.91 Å². The predicted molar refractivity (Wildman–Crippen MR) is 60.4 cm³/mol. The van der Waals surface area contributed by atoms with Crippen molar-refractivity contribution in [3.8, 4) is 12.3 Å². The Morgan fingerprint density at radius 3 is 2.87 bits per heavy atom. The van der Waals surface area contributed by atoms with Gasteiger partial charge in [0, 0.05) is 19.8 Å². The second-order valence-electron chi connectivity index (χ2n) is 3.44. The number of hydrogen-bond donors (Lipinski definition) is 0. The minimum Gasteiger partial charge on any atom is -0.347 e. The lowest BCUT2D eigenvalue weighted by molar-refractivity contribution is 0.0767. The van der Waals surface area contributed by atoms with Crippen molar-refractivity contribution in [2.75, 3.05) is 13.1 Å². The summed E-state index contributed by atoms with van der Waals surface area (Å²) >= 11 is 0. The summed E-state index contributed by atoms with van der Waals surface area (Å²) in [5, 5.41) is 0. The predicted octanol–water partition coefficient (Wildman–Crippen LogP) is 1.51. The van der Waals surface area contributed by atoms with Crippen molar-refractivity contribution < 1.29 is 4.79 Å². The summed E-state index contributed by atoms with van der Waals surface area (Å²) in [5.41, 5.74) is 0.679. The molecule has 0 saturated carbocycles. The molecule has 0 unspecified atom stereocenters. The molecule has 0 aliphatic rings. The van der Waals surface area contributed by atoms with Crippen molar-refractivity contribution in [2.24, 2.45) is 7.05 Å². The van der Waals surface area contributed by atoms with E-state index in [0.717, 1.165) is 6.42 Å². The maximum atomic E-state index is 12.0. The normalized spacial score (nSPS) is 9.67. The van der Waals surface area contributed by atoms with Gasteiger partial charge >= 0.3 is 0 Å². The molecule has 1 amide bonds. The highest BCUT2D eigenvalue weighted by atomic mass is 16.2. The minimum absolute atomic E-state index is 0.00213. The molecule has 0 radical (unpaired) electrons. The second-order valence-corrected chi connectivity index (χ2v) is 3.44. The van der Waals surface area contributed by atoms with E-state index in [-0.39, 0.29) is 5.91 Å². The first-order valence-corrected chi connectivity index (χ1v) is 5.04. The van der Waals surface area contributed by atoms with E-state index in [1.807, 2.05) is 36.9 Å². The molecular weight excluding hydrogens is 188 g/mol. The standard InChI is InChI=1S/C12H16N2O/c1-4-8-14(9-5-2)12(15)11-7-6-10-13(11)3/h1,6-7,10H,5,8-9H2,2-3H3. The van der Waals surface area contributed by atoms with Crippen LogP contribution in [0.3, 0.4) is 0 Å². The number of nitrogens with zero attached hydrogens (tertiary/aromatic N) is 2. The van der Waals surface area contributed by atoms with Gasteiger partial charge in [-0.05, 0) is 18.6 Å². The molecule has 1 rings (SSSR count). The van der Waals surface area contributed by atoms with Crippen molar-refractivity contribution in [2.45, 2.75) is 13.3 Å². The molecule has 0 aliphatic carbocycles. The van der Waals surface area contributed by atoms with Gasteiger partial charge in [-0.2, -0.15) is 0 Å². The first-order valence-electron chi connectivity index (χ1n) is 5.04. The third kappa shape index (κ3) is 2.63. The van der Waals surface area contributed by atoms with Crippen LogP contribution < -0.4 is 0 Å².